The average Bonchev–Trinajstić information content (AvgIpc) is 3.05. The zero-order valence-corrected chi connectivity index (χ0v) is 16.7. The second-order valence-corrected chi connectivity index (χ2v) is 7.02. The molecule has 1 aliphatic rings. The Hall–Kier alpha value is -3.60. The molecule has 11 heteroatoms. The molecule has 0 unspecified atom stereocenters. The molecule has 1 N–H and O–H groups in total. The van der Waals surface area contributed by atoms with E-state index in [1.54, 1.807) is 0 Å². The van der Waals surface area contributed by atoms with Crippen LogP contribution in [0.25, 0.3) is 0 Å². The third-order valence-corrected chi connectivity index (χ3v) is 4.63. The standard InChI is InChI=1S/C20H14F3N3O4S/c1-29-18(27)8-17-19(28)25-20(31-17)26-24-9-11-2-3-16(15(23)6-11)30-10-12-4-13(21)7-14(22)5-12/h2-9H,10H2,1H3,(H,25,26,28)/b17-8+,24-9?. The molecule has 1 fully saturated rings. The van der Waals surface area contributed by atoms with E-state index in [9.17, 15) is 22.8 Å². The van der Waals surface area contributed by atoms with E-state index in [1.165, 1.54) is 25.5 Å². The van der Waals surface area contributed by atoms with E-state index >= 15 is 0 Å². The molecule has 31 heavy (non-hydrogen) atoms. The van der Waals surface area contributed by atoms with Gasteiger partial charge in [0.15, 0.2) is 16.7 Å². The number of carbonyl (C=O) groups excluding carboxylic acids is 2. The number of esters is 1. The fourth-order valence-electron chi connectivity index (χ4n) is 2.36. The van der Waals surface area contributed by atoms with Crippen LogP contribution in [0.3, 0.4) is 0 Å². The lowest BCUT2D eigenvalue weighted by molar-refractivity contribution is -0.135. The summed E-state index contributed by atoms with van der Waals surface area (Å²) in [5, 5.41) is 10.1. The summed E-state index contributed by atoms with van der Waals surface area (Å²) in [6.07, 6.45) is 2.27. The second-order valence-electron chi connectivity index (χ2n) is 5.99. The number of nitrogens with one attached hydrogen (secondary N) is 1. The van der Waals surface area contributed by atoms with E-state index in [4.69, 9.17) is 4.74 Å². The summed E-state index contributed by atoms with van der Waals surface area (Å²) in [7, 11) is 1.19. The van der Waals surface area contributed by atoms with E-state index in [-0.39, 0.29) is 28.0 Å². The number of amidine groups is 1. The molecule has 0 radical (unpaired) electrons. The van der Waals surface area contributed by atoms with Crippen molar-refractivity contribution in [3.05, 3.63) is 76.0 Å². The molecule has 160 valence electrons. The monoisotopic (exact) mass is 449 g/mol. The molecule has 1 aliphatic heterocycles. The zero-order chi connectivity index (χ0) is 22.4. The van der Waals surface area contributed by atoms with Crippen LogP contribution in [-0.2, 0) is 20.9 Å². The van der Waals surface area contributed by atoms with Crippen molar-refractivity contribution in [3.8, 4) is 5.75 Å². The van der Waals surface area contributed by atoms with Crippen LogP contribution >= 0.6 is 11.8 Å². The van der Waals surface area contributed by atoms with E-state index in [2.05, 4.69) is 20.3 Å². The number of thioether (sulfide) groups is 1. The molecule has 1 saturated heterocycles. The highest BCUT2D eigenvalue weighted by atomic mass is 32.2. The fraction of sp³-hybridized carbons (Fsp3) is 0.100. The molecule has 0 aliphatic carbocycles. The summed E-state index contributed by atoms with van der Waals surface area (Å²) in [6, 6.07) is 6.88. The molecule has 0 atom stereocenters. The number of carbonyl (C=O) groups is 2. The summed E-state index contributed by atoms with van der Waals surface area (Å²) in [5.41, 5.74) is 0.570. The van der Waals surface area contributed by atoms with Crippen LogP contribution in [0.2, 0.25) is 0 Å². The molecule has 0 bridgehead atoms. The van der Waals surface area contributed by atoms with E-state index in [0.29, 0.717) is 5.56 Å². The number of hydrogen-bond acceptors (Lipinski definition) is 7. The van der Waals surface area contributed by atoms with Gasteiger partial charge in [0.25, 0.3) is 5.91 Å². The Labute approximate surface area is 178 Å². The highest BCUT2D eigenvalue weighted by molar-refractivity contribution is 8.18. The lowest BCUT2D eigenvalue weighted by Gasteiger charge is -2.08. The third-order valence-electron chi connectivity index (χ3n) is 3.73. The predicted molar refractivity (Wildman–Crippen MR) is 108 cm³/mol. The first kappa shape index (κ1) is 22.1. The first-order valence-electron chi connectivity index (χ1n) is 8.61. The number of methoxy groups -OCH3 is 1. The topological polar surface area (TPSA) is 89.3 Å². The lowest BCUT2D eigenvalue weighted by atomic mass is 10.2. The number of nitrogens with zero attached hydrogens (tertiary/aromatic N) is 2. The van der Waals surface area contributed by atoms with Crippen molar-refractivity contribution in [2.75, 3.05) is 7.11 Å². The number of hydrogen-bond donors (Lipinski definition) is 1. The highest BCUT2D eigenvalue weighted by Crippen LogP contribution is 2.23. The van der Waals surface area contributed by atoms with Crippen LogP contribution in [0.15, 0.2) is 57.6 Å². The molecule has 1 amide bonds. The minimum absolute atomic E-state index is 0.103. The number of amides is 1. The van der Waals surface area contributed by atoms with Crippen molar-refractivity contribution < 1.29 is 32.2 Å². The molecule has 1 heterocycles. The van der Waals surface area contributed by atoms with Crippen molar-refractivity contribution in [1.29, 1.82) is 0 Å². The Bertz CT molecular complexity index is 1100. The number of ether oxygens (including phenoxy) is 2. The first-order valence-corrected chi connectivity index (χ1v) is 9.43. The molecule has 2 aromatic rings. The molecule has 0 saturated carbocycles. The Kier molecular flexibility index (Phi) is 7.08. The molecular formula is C20H14F3N3O4S. The number of benzene rings is 2. The van der Waals surface area contributed by atoms with E-state index in [0.717, 1.165) is 42.1 Å². The maximum atomic E-state index is 14.2. The Balaban J connectivity index is 1.62. The quantitative estimate of drug-likeness (QED) is 0.316. The minimum Gasteiger partial charge on any atom is -0.486 e. The van der Waals surface area contributed by atoms with Gasteiger partial charge in [0.05, 0.1) is 18.2 Å². The zero-order valence-electron chi connectivity index (χ0n) is 15.9. The smallest absolute Gasteiger partial charge is 0.331 e. The predicted octanol–water partition coefficient (Wildman–Crippen LogP) is 3.29. The van der Waals surface area contributed by atoms with Gasteiger partial charge >= 0.3 is 5.97 Å². The van der Waals surface area contributed by atoms with Crippen LogP contribution < -0.4 is 10.1 Å². The van der Waals surface area contributed by atoms with Crippen molar-refractivity contribution in [2.24, 2.45) is 10.2 Å². The molecule has 0 spiro atoms. The Morgan fingerprint density at radius 3 is 2.58 bits per heavy atom. The summed E-state index contributed by atoms with van der Waals surface area (Å²) in [6.45, 7) is -0.217. The van der Waals surface area contributed by atoms with Gasteiger partial charge in [-0.25, -0.2) is 18.0 Å². The van der Waals surface area contributed by atoms with E-state index in [1.807, 2.05) is 0 Å². The normalized spacial score (nSPS) is 16.2. The van der Waals surface area contributed by atoms with Gasteiger partial charge in [0.1, 0.15) is 18.2 Å². The van der Waals surface area contributed by atoms with Gasteiger partial charge in [-0.3, -0.25) is 10.1 Å². The van der Waals surface area contributed by atoms with Crippen molar-refractivity contribution in [2.45, 2.75) is 6.61 Å². The van der Waals surface area contributed by atoms with Crippen LogP contribution in [0.4, 0.5) is 13.2 Å². The number of rotatable bonds is 6. The van der Waals surface area contributed by atoms with Crippen molar-refractivity contribution in [1.82, 2.24) is 5.32 Å². The van der Waals surface area contributed by atoms with Crippen LogP contribution in [0.5, 0.6) is 5.75 Å². The third kappa shape index (κ3) is 6.19. The van der Waals surface area contributed by atoms with Gasteiger partial charge in [-0.15, -0.1) is 5.10 Å². The molecule has 7 nitrogen and oxygen atoms in total. The van der Waals surface area contributed by atoms with Gasteiger partial charge in [-0.1, -0.05) is 0 Å². The van der Waals surface area contributed by atoms with Gasteiger partial charge in [0, 0.05) is 12.1 Å². The summed E-state index contributed by atoms with van der Waals surface area (Å²) in [5.74, 6) is -3.52. The van der Waals surface area contributed by atoms with Gasteiger partial charge < -0.3 is 9.47 Å². The minimum atomic E-state index is -0.753. The molecule has 2 aromatic carbocycles. The summed E-state index contributed by atoms with van der Waals surface area (Å²) in [4.78, 5) is 23.0. The maximum absolute atomic E-state index is 14.2. The van der Waals surface area contributed by atoms with E-state index < -0.39 is 29.3 Å². The highest BCUT2D eigenvalue weighted by Gasteiger charge is 2.25. The largest absolute Gasteiger partial charge is 0.486 e. The molecular weight excluding hydrogens is 435 g/mol. The second kappa shape index (κ2) is 9.94. The van der Waals surface area contributed by atoms with Gasteiger partial charge in [0.2, 0.25) is 0 Å². The average molecular weight is 449 g/mol. The summed E-state index contributed by atoms with van der Waals surface area (Å²) < 4.78 is 50.3. The van der Waals surface area contributed by atoms with Crippen LogP contribution in [0, 0.1) is 17.5 Å². The van der Waals surface area contributed by atoms with Crippen molar-refractivity contribution in [3.63, 3.8) is 0 Å². The molecule has 0 aromatic heterocycles. The van der Waals surface area contributed by atoms with Gasteiger partial charge in [-0.05, 0) is 53.2 Å². The SMILES string of the molecule is COC(=O)/C=C1/S/C(=N\N=Cc2ccc(OCc3cc(F)cc(F)c3)c(F)c2)NC1=O. The summed E-state index contributed by atoms with van der Waals surface area (Å²) >= 11 is 0.898. The van der Waals surface area contributed by atoms with Crippen LogP contribution in [-0.4, -0.2) is 30.4 Å². The van der Waals surface area contributed by atoms with Crippen LogP contribution in [0.1, 0.15) is 11.1 Å². The van der Waals surface area contributed by atoms with Crippen molar-refractivity contribution >= 4 is 35.0 Å². The van der Waals surface area contributed by atoms with Gasteiger partial charge in [-0.2, -0.15) is 5.10 Å². The number of halogens is 3. The Morgan fingerprint density at radius 2 is 1.90 bits per heavy atom. The Morgan fingerprint density at radius 1 is 1.16 bits per heavy atom. The maximum Gasteiger partial charge on any atom is 0.331 e. The molecule has 3 rings (SSSR count). The first-order chi connectivity index (χ1) is 14.8. The fourth-order valence-corrected chi connectivity index (χ4v) is 3.10. The lowest BCUT2D eigenvalue weighted by Crippen LogP contribution is -2.19.